The predicted molar refractivity (Wildman–Crippen MR) is 144 cm³/mol. The lowest BCUT2D eigenvalue weighted by Crippen LogP contribution is -2.51. The number of rotatable bonds is 5. The fraction of sp³-hybridized carbons (Fsp3) is 0.481. The number of nitrogens with one attached hydrogen (secondary N) is 2. The molecule has 208 valence electrons. The Morgan fingerprint density at radius 2 is 1.79 bits per heavy atom. The summed E-state index contributed by atoms with van der Waals surface area (Å²) in [6.45, 7) is 7.95. The molecule has 2 saturated heterocycles. The summed E-state index contributed by atoms with van der Waals surface area (Å²) in [5.41, 5.74) is 6.10. The van der Waals surface area contributed by atoms with Gasteiger partial charge in [0.25, 0.3) is 0 Å². The molecular formula is C27H33F3N8O. The number of benzene rings is 1. The van der Waals surface area contributed by atoms with Crippen LogP contribution in [-0.4, -0.2) is 65.3 Å². The summed E-state index contributed by atoms with van der Waals surface area (Å²) in [4.78, 5) is 21.7. The Morgan fingerprint density at radius 3 is 2.49 bits per heavy atom. The number of nitrogen functional groups attached to an aromatic ring is 1. The van der Waals surface area contributed by atoms with Gasteiger partial charge in [-0.15, -0.1) is 5.10 Å². The van der Waals surface area contributed by atoms with Crippen molar-refractivity contribution >= 4 is 34.0 Å². The van der Waals surface area contributed by atoms with Crippen molar-refractivity contribution in [1.29, 1.82) is 0 Å². The average Bonchev–Trinajstić information content (AvgIpc) is 2.93. The Kier molecular flexibility index (Phi) is 7.48. The number of halogens is 3. The summed E-state index contributed by atoms with van der Waals surface area (Å²) in [7, 11) is 0. The standard InChI is InChI=1S/C27H33F3N8O/c1-16(19-11-20(27(28,29)30)13-21(31)12-19)34-25-22-14-24(33-15-23(22)17(2)35-36-25)37-7-9-38(10-8-37)26(39)18-3-5-32-6-4-18/h11-16,18,32H,3-10,31H2,1-2H3,(H,34,36)/t16-/m1/s1. The van der Waals surface area contributed by atoms with Crippen LogP contribution in [0.5, 0.6) is 0 Å². The first kappa shape index (κ1) is 26.9. The van der Waals surface area contributed by atoms with Crippen molar-refractivity contribution in [3.63, 3.8) is 0 Å². The number of aromatic nitrogens is 3. The van der Waals surface area contributed by atoms with Crippen molar-refractivity contribution < 1.29 is 18.0 Å². The number of piperazine rings is 1. The molecule has 4 heterocycles. The van der Waals surface area contributed by atoms with Crippen molar-refractivity contribution in [2.45, 2.75) is 38.9 Å². The average molecular weight is 543 g/mol. The Balaban J connectivity index is 1.35. The summed E-state index contributed by atoms with van der Waals surface area (Å²) < 4.78 is 40.0. The number of nitrogens with two attached hydrogens (primary N) is 1. The molecule has 0 saturated carbocycles. The zero-order valence-corrected chi connectivity index (χ0v) is 22.1. The molecule has 9 nitrogen and oxygen atoms in total. The number of hydrogen-bond acceptors (Lipinski definition) is 8. The van der Waals surface area contributed by atoms with Gasteiger partial charge in [0.05, 0.1) is 17.3 Å². The van der Waals surface area contributed by atoms with Crippen LogP contribution in [-0.2, 0) is 11.0 Å². The maximum absolute atomic E-state index is 13.3. The van der Waals surface area contributed by atoms with Gasteiger partial charge in [0.1, 0.15) is 5.82 Å². The minimum Gasteiger partial charge on any atom is -0.399 e. The highest BCUT2D eigenvalue weighted by Gasteiger charge is 2.32. The minimum atomic E-state index is -4.50. The number of hydrogen-bond donors (Lipinski definition) is 3. The van der Waals surface area contributed by atoms with E-state index in [0.29, 0.717) is 43.3 Å². The third-order valence-electron chi connectivity index (χ3n) is 7.60. The van der Waals surface area contributed by atoms with Gasteiger partial charge in [-0.1, -0.05) is 0 Å². The molecule has 39 heavy (non-hydrogen) atoms. The Hall–Kier alpha value is -3.67. The Labute approximate surface area is 225 Å². The topological polar surface area (TPSA) is 112 Å². The summed E-state index contributed by atoms with van der Waals surface area (Å²) in [5.74, 6) is 1.54. The lowest BCUT2D eigenvalue weighted by molar-refractivity contribution is -0.138. The number of nitrogens with zero attached hydrogens (tertiary/aromatic N) is 5. The molecule has 1 aromatic carbocycles. The maximum Gasteiger partial charge on any atom is 0.416 e. The van der Waals surface area contributed by atoms with Crippen LogP contribution in [0, 0.1) is 12.8 Å². The van der Waals surface area contributed by atoms with E-state index in [-0.39, 0.29) is 17.5 Å². The van der Waals surface area contributed by atoms with Crippen LogP contribution in [0.2, 0.25) is 0 Å². The van der Waals surface area contributed by atoms with E-state index in [1.165, 1.54) is 6.07 Å². The molecule has 0 aliphatic carbocycles. The molecule has 0 bridgehead atoms. The van der Waals surface area contributed by atoms with Crippen LogP contribution in [0.3, 0.4) is 0 Å². The van der Waals surface area contributed by atoms with Gasteiger partial charge in [0, 0.05) is 54.8 Å². The summed E-state index contributed by atoms with van der Waals surface area (Å²) in [5, 5.41) is 16.6. The Morgan fingerprint density at radius 1 is 1.08 bits per heavy atom. The van der Waals surface area contributed by atoms with Crippen molar-refractivity contribution in [2.24, 2.45) is 5.92 Å². The fourth-order valence-corrected chi connectivity index (χ4v) is 5.30. The highest BCUT2D eigenvalue weighted by atomic mass is 19.4. The molecule has 0 spiro atoms. The van der Waals surface area contributed by atoms with Gasteiger partial charge in [-0.25, -0.2) is 4.98 Å². The molecule has 12 heteroatoms. The molecule has 0 radical (unpaired) electrons. The molecule has 2 fully saturated rings. The number of carbonyl (C=O) groups excluding carboxylic acids is 1. The molecule has 0 unspecified atom stereocenters. The highest BCUT2D eigenvalue weighted by molar-refractivity contribution is 5.94. The van der Waals surface area contributed by atoms with Crippen LogP contribution in [0.25, 0.3) is 10.8 Å². The van der Waals surface area contributed by atoms with E-state index >= 15 is 0 Å². The maximum atomic E-state index is 13.3. The summed E-state index contributed by atoms with van der Waals surface area (Å²) in [6, 6.07) is 4.95. The largest absolute Gasteiger partial charge is 0.416 e. The van der Waals surface area contributed by atoms with E-state index in [0.717, 1.165) is 54.7 Å². The molecule has 1 amide bonds. The van der Waals surface area contributed by atoms with E-state index in [4.69, 9.17) is 5.73 Å². The van der Waals surface area contributed by atoms with Crippen molar-refractivity contribution in [2.75, 3.05) is 55.2 Å². The van der Waals surface area contributed by atoms with Gasteiger partial charge >= 0.3 is 6.18 Å². The SMILES string of the molecule is Cc1nnc(N[C@H](C)c2cc(N)cc(C(F)(F)F)c2)c2cc(N3CCN(C(=O)C4CCNCC4)CC3)ncc12. The third-order valence-corrected chi connectivity index (χ3v) is 7.60. The number of anilines is 3. The van der Waals surface area contributed by atoms with E-state index in [9.17, 15) is 18.0 Å². The second-order valence-corrected chi connectivity index (χ2v) is 10.3. The monoisotopic (exact) mass is 542 g/mol. The van der Waals surface area contributed by atoms with Gasteiger partial charge < -0.3 is 26.2 Å². The van der Waals surface area contributed by atoms with E-state index in [2.05, 4.69) is 30.7 Å². The molecule has 3 aromatic rings. The molecule has 1 atom stereocenters. The van der Waals surface area contributed by atoms with Gasteiger partial charge in [0.2, 0.25) is 5.91 Å². The van der Waals surface area contributed by atoms with E-state index in [1.807, 2.05) is 17.9 Å². The molecule has 5 rings (SSSR count). The van der Waals surface area contributed by atoms with E-state index < -0.39 is 17.8 Å². The van der Waals surface area contributed by atoms with Crippen molar-refractivity contribution in [3.05, 3.63) is 47.3 Å². The summed E-state index contributed by atoms with van der Waals surface area (Å²) >= 11 is 0. The second kappa shape index (κ2) is 10.8. The number of alkyl halides is 3. The zero-order valence-electron chi connectivity index (χ0n) is 22.1. The number of amides is 1. The Bertz CT molecular complexity index is 1350. The molecule has 2 aliphatic rings. The first-order chi connectivity index (χ1) is 18.6. The minimum absolute atomic E-state index is 0.0394. The number of aryl methyl sites for hydroxylation is 1. The lowest BCUT2D eigenvalue weighted by Gasteiger charge is -2.37. The van der Waals surface area contributed by atoms with Crippen LogP contribution in [0.15, 0.2) is 30.5 Å². The van der Waals surface area contributed by atoms with Crippen LogP contribution in [0.4, 0.5) is 30.5 Å². The first-order valence-corrected chi connectivity index (χ1v) is 13.2. The van der Waals surface area contributed by atoms with Gasteiger partial charge in [0.15, 0.2) is 5.82 Å². The van der Waals surface area contributed by atoms with Crippen LogP contribution in [0.1, 0.15) is 42.6 Å². The smallest absolute Gasteiger partial charge is 0.399 e. The number of piperidine rings is 1. The van der Waals surface area contributed by atoms with Crippen molar-refractivity contribution in [3.8, 4) is 0 Å². The quantitative estimate of drug-likeness (QED) is 0.418. The van der Waals surface area contributed by atoms with Gasteiger partial charge in [-0.2, -0.15) is 18.3 Å². The van der Waals surface area contributed by atoms with E-state index in [1.54, 1.807) is 13.1 Å². The van der Waals surface area contributed by atoms with Crippen LogP contribution < -0.4 is 21.3 Å². The number of pyridine rings is 1. The summed E-state index contributed by atoms with van der Waals surface area (Å²) in [6.07, 6.45) is -0.984. The number of fused-ring (bicyclic) bond motifs is 1. The molecule has 2 aliphatic heterocycles. The zero-order chi connectivity index (χ0) is 27.7. The molecule has 4 N–H and O–H groups in total. The molecular weight excluding hydrogens is 509 g/mol. The highest BCUT2D eigenvalue weighted by Crippen LogP contribution is 2.34. The number of carbonyl (C=O) groups is 1. The third kappa shape index (κ3) is 5.85. The lowest BCUT2D eigenvalue weighted by atomic mass is 9.96. The fourth-order valence-electron chi connectivity index (χ4n) is 5.30. The van der Waals surface area contributed by atoms with Gasteiger partial charge in [-0.3, -0.25) is 4.79 Å². The molecule has 2 aromatic heterocycles. The van der Waals surface area contributed by atoms with Crippen molar-refractivity contribution in [1.82, 2.24) is 25.4 Å². The predicted octanol–water partition coefficient (Wildman–Crippen LogP) is 3.76. The second-order valence-electron chi connectivity index (χ2n) is 10.3. The normalized spacial score (nSPS) is 17.9. The first-order valence-electron chi connectivity index (χ1n) is 13.2. The van der Waals surface area contributed by atoms with Gasteiger partial charge in [-0.05, 0) is 69.6 Å². The van der Waals surface area contributed by atoms with Crippen LogP contribution >= 0.6 is 0 Å².